The number of anilines is 3. The number of aryl methyl sites for hydroxylation is 1. The maximum atomic E-state index is 6.64. The first kappa shape index (κ1) is 33.9. The normalized spacial score (nSPS) is 12.3. The molecule has 1 heterocycles. The molecule has 10 aromatic rings. The zero-order valence-corrected chi connectivity index (χ0v) is 32.0. The molecule has 1 aliphatic rings. The molecule has 0 aliphatic heterocycles. The second-order valence-electron chi connectivity index (χ2n) is 15.2. The molecule has 0 fully saturated rings. The molecule has 0 radical (unpaired) electrons. The molecule has 0 atom stereocenters. The molecule has 58 heavy (non-hydrogen) atoms. The predicted molar refractivity (Wildman–Crippen MR) is 245 cm³/mol. The number of nitrogens with zero attached hydrogens (tertiary/aromatic N) is 1. The van der Waals surface area contributed by atoms with E-state index in [4.69, 9.17) is 4.42 Å². The number of para-hydroxylation sites is 1. The van der Waals surface area contributed by atoms with E-state index in [9.17, 15) is 0 Å². The minimum absolute atomic E-state index is 0.890. The Morgan fingerprint density at radius 1 is 0.379 bits per heavy atom. The van der Waals surface area contributed by atoms with Gasteiger partial charge in [-0.05, 0) is 141 Å². The minimum Gasteiger partial charge on any atom is -0.455 e. The van der Waals surface area contributed by atoms with Crippen LogP contribution in [0.3, 0.4) is 0 Å². The summed E-state index contributed by atoms with van der Waals surface area (Å²) in [6, 6.07) is 72.4. The highest BCUT2D eigenvalue weighted by Crippen LogP contribution is 2.42. The lowest BCUT2D eigenvalue weighted by molar-refractivity contribution is 0.673. The van der Waals surface area contributed by atoms with Gasteiger partial charge in [-0.3, -0.25) is 0 Å². The summed E-state index contributed by atoms with van der Waals surface area (Å²) in [5.41, 5.74) is 17.5. The largest absolute Gasteiger partial charge is 0.455 e. The van der Waals surface area contributed by atoms with Crippen LogP contribution in [-0.4, -0.2) is 0 Å². The minimum atomic E-state index is 0.890. The van der Waals surface area contributed by atoms with Crippen molar-refractivity contribution in [1.29, 1.82) is 0 Å². The van der Waals surface area contributed by atoms with E-state index in [-0.39, 0.29) is 0 Å². The van der Waals surface area contributed by atoms with E-state index in [1.165, 1.54) is 49.9 Å². The number of fused-ring (bicyclic) bond motifs is 6. The maximum Gasteiger partial charge on any atom is 0.143 e. The molecule has 0 bridgehead atoms. The standard InChI is InChI=1S/C56H39NO/c1-3-12-38(13-4-1)43-16-11-17-46(35-43)52-37-54-53-36-45(28-33-55(53)58-56(54)51-21-10-9-20-50(51)52)41-26-31-49(32-27-41)57(47-18-5-2-6-19-47)48-29-24-40(25-30-48)44-23-22-39-14-7-8-15-42(39)34-44/h1-6,8-13,15-37H,7,14H2. The van der Waals surface area contributed by atoms with Crippen molar-refractivity contribution in [3.8, 4) is 44.5 Å². The molecule has 0 spiro atoms. The fourth-order valence-corrected chi connectivity index (χ4v) is 8.75. The smallest absolute Gasteiger partial charge is 0.143 e. The van der Waals surface area contributed by atoms with E-state index >= 15 is 0 Å². The summed E-state index contributed by atoms with van der Waals surface area (Å²) < 4.78 is 6.64. The Labute approximate surface area is 338 Å². The van der Waals surface area contributed by atoms with Crippen LogP contribution in [0.15, 0.2) is 211 Å². The number of rotatable bonds is 7. The lowest BCUT2D eigenvalue weighted by atomic mass is 9.93. The summed E-state index contributed by atoms with van der Waals surface area (Å²) in [7, 11) is 0. The van der Waals surface area contributed by atoms with Gasteiger partial charge in [0.1, 0.15) is 11.2 Å². The third-order valence-electron chi connectivity index (χ3n) is 11.7. The van der Waals surface area contributed by atoms with Crippen molar-refractivity contribution in [2.24, 2.45) is 0 Å². The highest BCUT2D eigenvalue weighted by Gasteiger charge is 2.17. The van der Waals surface area contributed by atoms with Crippen LogP contribution in [-0.2, 0) is 6.42 Å². The topological polar surface area (TPSA) is 16.4 Å². The zero-order chi connectivity index (χ0) is 38.4. The van der Waals surface area contributed by atoms with E-state index in [2.05, 4.69) is 217 Å². The van der Waals surface area contributed by atoms with Crippen LogP contribution in [0.25, 0.3) is 83.3 Å². The third-order valence-corrected chi connectivity index (χ3v) is 11.7. The first-order valence-electron chi connectivity index (χ1n) is 20.1. The summed E-state index contributed by atoms with van der Waals surface area (Å²) in [6.45, 7) is 0. The van der Waals surface area contributed by atoms with Gasteiger partial charge in [0.15, 0.2) is 0 Å². The van der Waals surface area contributed by atoms with E-state index in [0.717, 1.165) is 68.4 Å². The molecule has 0 saturated carbocycles. The number of allylic oxidation sites excluding steroid dienone is 1. The van der Waals surface area contributed by atoms with E-state index in [0.29, 0.717) is 0 Å². The van der Waals surface area contributed by atoms with Crippen molar-refractivity contribution in [3.63, 3.8) is 0 Å². The van der Waals surface area contributed by atoms with Crippen LogP contribution in [0.1, 0.15) is 17.5 Å². The van der Waals surface area contributed by atoms with Gasteiger partial charge in [-0.1, -0.05) is 146 Å². The molecule has 1 aliphatic carbocycles. The summed E-state index contributed by atoms with van der Waals surface area (Å²) >= 11 is 0. The molecule has 2 nitrogen and oxygen atoms in total. The highest BCUT2D eigenvalue weighted by molar-refractivity contribution is 6.19. The van der Waals surface area contributed by atoms with Gasteiger partial charge < -0.3 is 9.32 Å². The van der Waals surface area contributed by atoms with Crippen molar-refractivity contribution in [1.82, 2.24) is 0 Å². The van der Waals surface area contributed by atoms with Crippen LogP contribution in [0.2, 0.25) is 0 Å². The van der Waals surface area contributed by atoms with Crippen molar-refractivity contribution >= 4 is 55.8 Å². The van der Waals surface area contributed by atoms with Crippen LogP contribution in [0, 0.1) is 0 Å². The predicted octanol–water partition coefficient (Wildman–Crippen LogP) is 15.8. The van der Waals surface area contributed by atoms with E-state index in [1.54, 1.807) is 0 Å². The van der Waals surface area contributed by atoms with Crippen LogP contribution in [0.4, 0.5) is 17.1 Å². The monoisotopic (exact) mass is 741 g/mol. The lowest BCUT2D eigenvalue weighted by Crippen LogP contribution is -2.09. The number of furan rings is 1. The summed E-state index contributed by atoms with van der Waals surface area (Å²) in [4.78, 5) is 2.33. The van der Waals surface area contributed by atoms with Gasteiger partial charge in [-0.2, -0.15) is 0 Å². The van der Waals surface area contributed by atoms with E-state index < -0.39 is 0 Å². The Morgan fingerprint density at radius 3 is 1.71 bits per heavy atom. The fourth-order valence-electron chi connectivity index (χ4n) is 8.75. The number of hydrogen-bond acceptors (Lipinski definition) is 2. The Balaban J connectivity index is 0.958. The van der Waals surface area contributed by atoms with Crippen LogP contribution in [0.5, 0.6) is 0 Å². The van der Waals surface area contributed by atoms with Crippen molar-refractivity contribution in [2.75, 3.05) is 4.90 Å². The van der Waals surface area contributed by atoms with Gasteiger partial charge in [0.25, 0.3) is 0 Å². The van der Waals surface area contributed by atoms with Gasteiger partial charge in [0.05, 0.1) is 0 Å². The molecule has 0 saturated heterocycles. The van der Waals surface area contributed by atoms with Gasteiger partial charge >= 0.3 is 0 Å². The van der Waals surface area contributed by atoms with Crippen LogP contribution >= 0.6 is 0 Å². The molecule has 11 rings (SSSR count). The molecule has 9 aromatic carbocycles. The van der Waals surface area contributed by atoms with Gasteiger partial charge in [0.2, 0.25) is 0 Å². The fraction of sp³-hybridized carbons (Fsp3) is 0.0357. The first-order chi connectivity index (χ1) is 28.7. The molecule has 274 valence electrons. The third kappa shape index (κ3) is 6.07. The molecular formula is C56H39NO. The molecular weight excluding hydrogens is 703 g/mol. The summed E-state index contributed by atoms with van der Waals surface area (Å²) in [5, 5.41) is 4.54. The van der Waals surface area contributed by atoms with Crippen molar-refractivity contribution in [2.45, 2.75) is 12.8 Å². The Kier molecular flexibility index (Phi) is 8.33. The van der Waals surface area contributed by atoms with Crippen LogP contribution < -0.4 is 4.90 Å². The Bertz CT molecular complexity index is 3140. The van der Waals surface area contributed by atoms with Crippen molar-refractivity contribution in [3.05, 3.63) is 217 Å². The average molecular weight is 742 g/mol. The second kappa shape index (κ2) is 14.3. The second-order valence-corrected chi connectivity index (χ2v) is 15.2. The average Bonchev–Trinajstić information content (AvgIpc) is 3.68. The molecule has 0 amide bonds. The van der Waals surface area contributed by atoms with Gasteiger partial charge in [0, 0.05) is 33.2 Å². The quantitative estimate of drug-likeness (QED) is 0.162. The molecule has 1 aromatic heterocycles. The Hall–Kier alpha value is -7.42. The molecule has 0 N–H and O–H groups in total. The van der Waals surface area contributed by atoms with Gasteiger partial charge in [-0.25, -0.2) is 0 Å². The zero-order valence-electron chi connectivity index (χ0n) is 32.0. The SMILES string of the molecule is C1=Cc2cc(-c3ccc(N(c4ccccc4)c4ccc(-c5ccc6oc7c8ccccc8c(-c8cccc(-c9ccccc9)c8)cc7c6c5)cc4)cc3)ccc2CC1. The van der Waals surface area contributed by atoms with E-state index in [1.807, 2.05) is 0 Å². The number of hydrogen-bond donors (Lipinski definition) is 0. The van der Waals surface area contributed by atoms with Crippen molar-refractivity contribution < 1.29 is 4.42 Å². The first-order valence-corrected chi connectivity index (χ1v) is 20.1. The molecule has 0 unspecified atom stereocenters. The maximum absolute atomic E-state index is 6.64. The summed E-state index contributed by atoms with van der Waals surface area (Å²) in [5.74, 6) is 0. The highest BCUT2D eigenvalue weighted by atomic mass is 16.3. The Morgan fingerprint density at radius 2 is 0.948 bits per heavy atom. The molecule has 2 heteroatoms. The number of benzene rings is 9. The summed E-state index contributed by atoms with van der Waals surface area (Å²) in [6.07, 6.45) is 6.78. The van der Waals surface area contributed by atoms with Gasteiger partial charge in [-0.15, -0.1) is 0 Å². The lowest BCUT2D eigenvalue weighted by Gasteiger charge is -2.26.